The molecule has 196 valence electrons. The molecule has 0 saturated carbocycles. The number of thiazole rings is 1. The first-order valence-electron chi connectivity index (χ1n) is 12.0. The van der Waals surface area contributed by atoms with Crippen LogP contribution in [0.5, 0.6) is 11.5 Å². The molecule has 0 amide bonds. The maximum Gasteiger partial charge on any atom is 0.243 e. The van der Waals surface area contributed by atoms with Crippen LogP contribution in [0.4, 0.5) is 10.1 Å². The predicted molar refractivity (Wildman–Crippen MR) is 141 cm³/mol. The van der Waals surface area contributed by atoms with E-state index >= 15 is 0 Å². The summed E-state index contributed by atoms with van der Waals surface area (Å²) < 4.78 is 60.3. The van der Waals surface area contributed by atoms with Crippen LogP contribution in [0.25, 0.3) is 11.3 Å². The molecule has 0 spiro atoms. The van der Waals surface area contributed by atoms with Gasteiger partial charge in [0, 0.05) is 24.0 Å². The van der Waals surface area contributed by atoms with Gasteiger partial charge in [0.2, 0.25) is 16.8 Å². The van der Waals surface area contributed by atoms with Gasteiger partial charge in [0.25, 0.3) is 0 Å². The van der Waals surface area contributed by atoms with Crippen molar-refractivity contribution in [2.45, 2.75) is 11.4 Å². The SMILES string of the molecule is O=S(=O)(c1ccc(N=c2scc(-c3ccccc3F)n2Cc2ccc3c(c2)OCO3)cc1)N1CCOCC1. The molecule has 3 aromatic carbocycles. The molecule has 2 aliphatic heterocycles. The number of rotatable bonds is 6. The van der Waals surface area contributed by atoms with Crippen molar-refractivity contribution in [1.82, 2.24) is 8.87 Å². The first-order valence-corrected chi connectivity index (χ1v) is 14.4. The highest BCUT2D eigenvalue weighted by Crippen LogP contribution is 2.33. The van der Waals surface area contributed by atoms with E-state index in [1.165, 1.54) is 21.7 Å². The minimum atomic E-state index is -3.60. The Morgan fingerprint density at radius 3 is 2.50 bits per heavy atom. The summed E-state index contributed by atoms with van der Waals surface area (Å²) in [5.74, 6) is 1.03. The molecule has 0 aliphatic carbocycles. The van der Waals surface area contributed by atoms with Crippen molar-refractivity contribution in [1.29, 1.82) is 0 Å². The molecule has 1 saturated heterocycles. The average molecular weight is 554 g/mol. The third kappa shape index (κ3) is 4.85. The molecule has 1 fully saturated rings. The van der Waals surface area contributed by atoms with Crippen molar-refractivity contribution in [2.75, 3.05) is 33.1 Å². The Labute approximate surface area is 223 Å². The van der Waals surface area contributed by atoms with Gasteiger partial charge in [-0.15, -0.1) is 11.3 Å². The van der Waals surface area contributed by atoms with Gasteiger partial charge in [-0.05, 0) is 54.1 Å². The van der Waals surface area contributed by atoms with E-state index in [4.69, 9.17) is 19.2 Å². The Balaban J connectivity index is 1.37. The lowest BCUT2D eigenvalue weighted by Gasteiger charge is -2.26. The summed E-state index contributed by atoms with van der Waals surface area (Å²) in [5, 5.41) is 1.88. The molecule has 6 rings (SSSR count). The average Bonchev–Trinajstić information content (AvgIpc) is 3.57. The summed E-state index contributed by atoms with van der Waals surface area (Å²) in [4.78, 5) is 5.65. The topological polar surface area (TPSA) is 82.4 Å². The van der Waals surface area contributed by atoms with E-state index in [1.54, 1.807) is 42.5 Å². The Morgan fingerprint density at radius 2 is 1.71 bits per heavy atom. The summed E-state index contributed by atoms with van der Waals surface area (Å²) in [6, 6.07) is 18.8. The van der Waals surface area contributed by atoms with Gasteiger partial charge < -0.3 is 18.8 Å². The summed E-state index contributed by atoms with van der Waals surface area (Å²) in [6.07, 6.45) is 0. The lowest BCUT2D eigenvalue weighted by atomic mass is 10.1. The Kier molecular flexibility index (Phi) is 6.75. The highest BCUT2D eigenvalue weighted by atomic mass is 32.2. The molecule has 8 nitrogen and oxygen atoms in total. The van der Waals surface area contributed by atoms with E-state index in [1.807, 2.05) is 28.1 Å². The molecule has 0 atom stereocenters. The number of fused-ring (bicyclic) bond motifs is 1. The lowest BCUT2D eigenvalue weighted by Crippen LogP contribution is -2.40. The minimum Gasteiger partial charge on any atom is -0.454 e. The zero-order chi connectivity index (χ0) is 26.1. The van der Waals surface area contributed by atoms with Crippen molar-refractivity contribution in [3.8, 4) is 22.8 Å². The maximum absolute atomic E-state index is 14.8. The van der Waals surface area contributed by atoms with Gasteiger partial charge in [-0.2, -0.15) is 4.31 Å². The van der Waals surface area contributed by atoms with E-state index in [0.29, 0.717) is 66.1 Å². The predicted octanol–water partition coefficient (Wildman–Crippen LogP) is 4.39. The second-order valence-electron chi connectivity index (χ2n) is 8.78. The van der Waals surface area contributed by atoms with Crippen LogP contribution in [0.15, 0.2) is 82.0 Å². The van der Waals surface area contributed by atoms with Gasteiger partial charge >= 0.3 is 0 Å². The number of ether oxygens (including phenoxy) is 3. The molecular formula is C27H24FN3O5S2. The summed E-state index contributed by atoms with van der Waals surface area (Å²) in [7, 11) is -3.60. The van der Waals surface area contributed by atoms with E-state index in [9.17, 15) is 12.8 Å². The Bertz CT molecular complexity index is 1640. The number of sulfonamides is 1. The highest BCUT2D eigenvalue weighted by Gasteiger charge is 2.26. The molecule has 1 aromatic heterocycles. The van der Waals surface area contributed by atoms with Crippen molar-refractivity contribution in [3.63, 3.8) is 0 Å². The number of benzene rings is 3. The van der Waals surface area contributed by atoms with Crippen LogP contribution in [-0.2, 0) is 21.3 Å². The lowest BCUT2D eigenvalue weighted by molar-refractivity contribution is 0.0730. The van der Waals surface area contributed by atoms with E-state index in [-0.39, 0.29) is 17.5 Å². The van der Waals surface area contributed by atoms with E-state index < -0.39 is 10.0 Å². The zero-order valence-electron chi connectivity index (χ0n) is 20.2. The fourth-order valence-corrected chi connectivity index (χ4v) is 6.74. The maximum atomic E-state index is 14.8. The quantitative estimate of drug-likeness (QED) is 0.354. The first-order chi connectivity index (χ1) is 18.5. The Hall–Kier alpha value is -3.51. The third-order valence-electron chi connectivity index (χ3n) is 6.39. The molecule has 0 bridgehead atoms. The molecule has 2 aliphatic rings. The molecule has 11 heteroatoms. The monoisotopic (exact) mass is 553 g/mol. The summed E-state index contributed by atoms with van der Waals surface area (Å²) >= 11 is 1.39. The molecule has 38 heavy (non-hydrogen) atoms. The number of halogens is 1. The van der Waals surface area contributed by atoms with Gasteiger partial charge in [0.1, 0.15) is 5.82 Å². The fraction of sp³-hybridized carbons (Fsp3) is 0.222. The summed E-state index contributed by atoms with van der Waals surface area (Å²) in [6.45, 7) is 2.05. The van der Waals surface area contributed by atoms with E-state index in [2.05, 4.69) is 0 Å². The van der Waals surface area contributed by atoms with Gasteiger partial charge in [0.15, 0.2) is 16.3 Å². The molecule has 3 heterocycles. The zero-order valence-corrected chi connectivity index (χ0v) is 21.9. The molecule has 0 unspecified atom stereocenters. The smallest absolute Gasteiger partial charge is 0.243 e. The van der Waals surface area contributed by atoms with Crippen LogP contribution in [0, 0.1) is 5.82 Å². The minimum absolute atomic E-state index is 0.183. The summed E-state index contributed by atoms with van der Waals surface area (Å²) in [5.41, 5.74) is 2.69. The van der Waals surface area contributed by atoms with Crippen molar-refractivity contribution in [3.05, 3.63) is 88.3 Å². The molecule has 0 radical (unpaired) electrons. The normalized spacial score (nSPS) is 16.2. The van der Waals surface area contributed by atoms with Gasteiger partial charge in [0.05, 0.1) is 36.0 Å². The standard InChI is InChI=1S/C27H24FN3O5S2/c28-23-4-2-1-3-22(23)24-17-37-27(31(24)16-19-5-10-25-26(15-19)36-18-35-25)29-20-6-8-21(9-7-20)38(32,33)30-11-13-34-14-12-30/h1-10,15,17H,11-14,16,18H2. The van der Waals surface area contributed by atoms with E-state index in [0.717, 1.165) is 5.56 Å². The van der Waals surface area contributed by atoms with Gasteiger partial charge in [-0.25, -0.2) is 17.8 Å². The first kappa shape index (κ1) is 24.8. The molecule has 4 aromatic rings. The fourth-order valence-electron chi connectivity index (χ4n) is 4.42. The van der Waals surface area contributed by atoms with Crippen LogP contribution >= 0.6 is 11.3 Å². The molecular weight excluding hydrogens is 529 g/mol. The number of morpholine rings is 1. The number of hydrogen-bond acceptors (Lipinski definition) is 7. The second kappa shape index (κ2) is 10.3. The number of hydrogen-bond donors (Lipinski definition) is 0. The van der Waals surface area contributed by atoms with Crippen LogP contribution in [0.2, 0.25) is 0 Å². The van der Waals surface area contributed by atoms with Crippen LogP contribution in [0.1, 0.15) is 5.56 Å². The van der Waals surface area contributed by atoms with Crippen molar-refractivity contribution < 1.29 is 27.0 Å². The number of aromatic nitrogens is 1. The van der Waals surface area contributed by atoms with Crippen LogP contribution in [0.3, 0.4) is 0 Å². The second-order valence-corrected chi connectivity index (χ2v) is 11.6. The van der Waals surface area contributed by atoms with Crippen LogP contribution in [-0.4, -0.2) is 50.4 Å². The molecule has 0 N–H and O–H groups in total. The third-order valence-corrected chi connectivity index (χ3v) is 9.17. The Morgan fingerprint density at radius 1 is 0.947 bits per heavy atom. The largest absolute Gasteiger partial charge is 0.454 e. The highest BCUT2D eigenvalue weighted by molar-refractivity contribution is 7.89. The van der Waals surface area contributed by atoms with Gasteiger partial charge in [-0.1, -0.05) is 18.2 Å². The van der Waals surface area contributed by atoms with Gasteiger partial charge in [-0.3, -0.25) is 0 Å². The van der Waals surface area contributed by atoms with Crippen molar-refractivity contribution >= 4 is 27.0 Å². The van der Waals surface area contributed by atoms with Crippen LogP contribution < -0.4 is 14.3 Å². The number of nitrogens with zero attached hydrogens (tertiary/aromatic N) is 3. The van der Waals surface area contributed by atoms with Crippen molar-refractivity contribution in [2.24, 2.45) is 4.99 Å².